The first-order chi connectivity index (χ1) is 9.06. The molecule has 19 heavy (non-hydrogen) atoms. The molecule has 1 heterocycles. The van der Waals surface area contributed by atoms with Crippen LogP contribution in [-0.2, 0) is 11.3 Å². The molecular formula is C13H21ClN4O. The number of nitrogens with zero attached hydrogens (tertiary/aromatic N) is 2. The molecule has 0 bridgehead atoms. The first kappa shape index (κ1) is 15.7. The van der Waals surface area contributed by atoms with E-state index < -0.39 is 0 Å². The minimum Gasteiger partial charge on any atom is -0.370 e. The second-order valence-corrected chi connectivity index (χ2v) is 4.80. The summed E-state index contributed by atoms with van der Waals surface area (Å²) >= 11 is 6.13. The van der Waals surface area contributed by atoms with Gasteiger partial charge in [-0.3, -0.25) is 9.69 Å². The van der Waals surface area contributed by atoms with Crippen LogP contribution in [0.3, 0.4) is 0 Å². The molecular weight excluding hydrogens is 264 g/mol. The van der Waals surface area contributed by atoms with Crippen molar-refractivity contribution in [1.29, 1.82) is 0 Å². The highest BCUT2D eigenvalue weighted by atomic mass is 35.5. The maximum absolute atomic E-state index is 11.3. The van der Waals surface area contributed by atoms with E-state index in [1.807, 2.05) is 24.1 Å². The molecule has 0 spiro atoms. The highest BCUT2D eigenvalue weighted by Gasteiger charge is 2.10. The Morgan fingerprint density at radius 1 is 1.47 bits per heavy atom. The molecule has 0 aliphatic heterocycles. The quantitative estimate of drug-likeness (QED) is 0.801. The van der Waals surface area contributed by atoms with Gasteiger partial charge in [-0.1, -0.05) is 18.5 Å². The fraction of sp³-hybridized carbons (Fsp3) is 0.538. The number of pyridine rings is 1. The average Bonchev–Trinajstić information content (AvgIpc) is 2.39. The van der Waals surface area contributed by atoms with Crippen LogP contribution in [0.5, 0.6) is 0 Å². The molecule has 0 radical (unpaired) electrons. The van der Waals surface area contributed by atoms with Gasteiger partial charge in [0.1, 0.15) is 5.82 Å². The number of nitrogens with one attached hydrogen (secondary N) is 2. The van der Waals surface area contributed by atoms with Gasteiger partial charge >= 0.3 is 0 Å². The number of carbonyl (C=O) groups excluding carboxylic acids is 1. The minimum atomic E-state index is -0.0288. The summed E-state index contributed by atoms with van der Waals surface area (Å²) in [5, 5.41) is 6.43. The molecule has 1 rings (SSSR count). The monoisotopic (exact) mass is 284 g/mol. The number of aromatic nitrogens is 1. The minimum absolute atomic E-state index is 0.0288. The van der Waals surface area contributed by atoms with Crippen LogP contribution in [-0.4, -0.2) is 43.0 Å². The summed E-state index contributed by atoms with van der Waals surface area (Å²) in [6.07, 6.45) is 1.04. The Bertz CT molecular complexity index is 425. The van der Waals surface area contributed by atoms with Gasteiger partial charge in [-0.15, -0.1) is 0 Å². The fourth-order valence-electron chi connectivity index (χ4n) is 1.58. The summed E-state index contributed by atoms with van der Waals surface area (Å²) in [7, 11) is 3.48. The van der Waals surface area contributed by atoms with Gasteiger partial charge in [-0.25, -0.2) is 4.98 Å². The van der Waals surface area contributed by atoms with Crippen molar-refractivity contribution in [3.8, 4) is 0 Å². The van der Waals surface area contributed by atoms with E-state index in [0.717, 1.165) is 24.5 Å². The van der Waals surface area contributed by atoms with Crippen LogP contribution >= 0.6 is 11.6 Å². The van der Waals surface area contributed by atoms with Crippen LogP contribution in [0.1, 0.15) is 19.0 Å². The Hall–Kier alpha value is -1.33. The van der Waals surface area contributed by atoms with E-state index in [1.54, 1.807) is 7.05 Å². The number of rotatable bonds is 7. The molecule has 0 fully saturated rings. The maximum atomic E-state index is 11.3. The van der Waals surface area contributed by atoms with Crippen molar-refractivity contribution in [3.63, 3.8) is 0 Å². The van der Waals surface area contributed by atoms with E-state index in [4.69, 9.17) is 11.6 Å². The van der Waals surface area contributed by atoms with Crippen molar-refractivity contribution in [2.75, 3.05) is 32.5 Å². The number of anilines is 1. The maximum Gasteiger partial charge on any atom is 0.233 e. The lowest BCUT2D eigenvalue weighted by Crippen LogP contribution is -2.32. The molecule has 1 aromatic heterocycles. The second-order valence-electron chi connectivity index (χ2n) is 4.40. The highest BCUT2D eigenvalue weighted by molar-refractivity contribution is 6.31. The summed E-state index contributed by atoms with van der Waals surface area (Å²) in [6, 6.07) is 3.69. The predicted octanol–water partition coefficient (Wildman–Crippen LogP) is 1.73. The zero-order valence-electron chi connectivity index (χ0n) is 11.7. The van der Waals surface area contributed by atoms with Gasteiger partial charge in [0.2, 0.25) is 5.91 Å². The summed E-state index contributed by atoms with van der Waals surface area (Å²) in [4.78, 5) is 17.6. The van der Waals surface area contributed by atoms with Crippen molar-refractivity contribution < 1.29 is 4.79 Å². The Morgan fingerprint density at radius 2 is 2.21 bits per heavy atom. The number of hydrogen-bond acceptors (Lipinski definition) is 4. The molecule has 0 saturated heterocycles. The number of amides is 1. The van der Waals surface area contributed by atoms with Crippen LogP contribution in [0.4, 0.5) is 5.82 Å². The molecule has 6 heteroatoms. The highest BCUT2D eigenvalue weighted by Crippen LogP contribution is 2.18. The van der Waals surface area contributed by atoms with Crippen molar-refractivity contribution in [1.82, 2.24) is 15.2 Å². The van der Waals surface area contributed by atoms with E-state index in [1.165, 1.54) is 0 Å². The fourth-order valence-corrected chi connectivity index (χ4v) is 1.75. The van der Waals surface area contributed by atoms with Crippen molar-refractivity contribution in [2.24, 2.45) is 0 Å². The Morgan fingerprint density at radius 3 is 2.84 bits per heavy atom. The first-order valence-corrected chi connectivity index (χ1v) is 6.73. The Kier molecular flexibility index (Phi) is 6.59. The van der Waals surface area contributed by atoms with E-state index >= 15 is 0 Å². The van der Waals surface area contributed by atoms with Gasteiger partial charge in [0.05, 0.1) is 17.3 Å². The van der Waals surface area contributed by atoms with Gasteiger partial charge in [-0.05, 0) is 25.6 Å². The third-order valence-electron chi connectivity index (χ3n) is 2.59. The van der Waals surface area contributed by atoms with Crippen molar-refractivity contribution >= 4 is 23.3 Å². The van der Waals surface area contributed by atoms with Gasteiger partial charge in [0.25, 0.3) is 0 Å². The topological polar surface area (TPSA) is 57.3 Å². The second kappa shape index (κ2) is 7.96. The first-order valence-electron chi connectivity index (χ1n) is 6.35. The largest absolute Gasteiger partial charge is 0.370 e. The van der Waals surface area contributed by atoms with E-state index in [2.05, 4.69) is 22.5 Å². The smallest absolute Gasteiger partial charge is 0.233 e. The number of likely N-dealkylation sites (N-methyl/N-ethyl adjacent to an activating group) is 2. The molecule has 5 nitrogen and oxygen atoms in total. The molecule has 0 aliphatic rings. The summed E-state index contributed by atoms with van der Waals surface area (Å²) in [6.45, 7) is 3.83. The summed E-state index contributed by atoms with van der Waals surface area (Å²) < 4.78 is 0. The lowest BCUT2D eigenvalue weighted by atomic mass is 10.3. The van der Waals surface area contributed by atoms with Crippen LogP contribution in [0.2, 0.25) is 5.02 Å². The molecule has 0 aliphatic carbocycles. The van der Waals surface area contributed by atoms with Gasteiger partial charge < -0.3 is 10.6 Å². The standard InChI is InChI=1S/C13H21ClN4O/c1-4-7-16-12-6-5-10(14)11(17-12)8-18(3)9-13(19)15-2/h5-6H,4,7-9H2,1-3H3,(H,15,19)(H,16,17). The molecule has 0 unspecified atom stereocenters. The molecule has 0 atom stereocenters. The van der Waals surface area contributed by atoms with Crippen LogP contribution in [0.15, 0.2) is 12.1 Å². The average molecular weight is 285 g/mol. The zero-order chi connectivity index (χ0) is 14.3. The SMILES string of the molecule is CCCNc1ccc(Cl)c(CN(C)CC(=O)NC)n1. The van der Waals surface area contributed by atoms with E-state index in [9.17, 15) is 4.79 Å². The molecule has 2 N–H and O–H groups in total. The molecule has 106 valence electrons. The molecule has 1 aromatic rings. The molecule has 1 amide bonds. The van der Waals surface area contributed by atoms with E-state index in [-0.39, 0.29) is 5.91 Å². The summed E-state index contributed by atoms with van der Waals surface area (Å²) in [5.74, 6) is 0.786. The normalized spacial score (nSPS) is 10.6. The molecule has 0 saturated carbocycles. The van der Waals surface area contributed by atoms with Gasteiger partial charge in [0, 0.05) is 20.1 Å². The third kappa shape index (κ3) is 5.44. The van der Waals surface area contributed by atoms with Crippen molar-refractivity contribution in [2.45, 2.75) is 19.9 Å². The Labute approximate surface area is 119 Å². The van der Waals surface area contributed by atoms with Gasteiger partial charge in [-0.2, -0.15) is 0 Å². The lowest BCUT2D eigenvalue weighted by Gasteiger charge is -2.16. The molecule has 0 aromatic carbocycles. The van der Waals surface area contributed by atoms with Gasteiger partial charge in [0.15, 0.2) is 0 Å². The lowest BCUT2D eigenvalue weighted by molar-refractivity contribution is -0.121. The predicted molar refractivity (Wildman–Crippen MR) is 78.4 cm³/mol. The number of hydrogen-bond donors (Lipinski definition) is 2. The summed E-state index contributed by atoms with van der Waals surface area (Å²) in [5.41, 5.74) is 0.772. The van der Waals surface area contributed by atoms with E-state index in [0.29, 0.717) is 18.1 Å². The van der Waals surface area contributed by atoms with Crippen molar-refractivity contribution in [3.05, 3.63) is 22.8 Å². The zero-order valence-corrected chi connectivity index (χ0v) is 12.4. The number of carbonyl (C=O) groups is 1. The van der Waals surface area contributed by atoms with Crippen LogP contribution < -0.4 is 10.6 Å². The third-order valence-corrected chi connectivity index (χ3v) is 2.93. The van der Waals surface area contributed by atoms with Crippen LogP contribution in [0.25, 0.3) is 0 Å². The van der Waals surface area contributed by atoms with Crippen LogP contribution in [0, 0.1) is 0 Å². The number of halogens is 1. The Balaban J connectivity index is 2.67.